The number of unbranched alkanes of at least 4 members (excludes halogenated alkanes) is 2. The van der Waals surface area contributed by atoms with Gasteiger partial charge in [0, 0.05) is 12.6 Å². The third kappa shape index (κ3) is 7.46. The maximum atomic E-state index is 11.9. The number of nitrogens with one attached hydrogen (secondary N) is 1. The van der Waals surface area contributed by atoms with Gasteiger partial charge in [0.2, 0.25) is 5.91 Å². The van der Waals surface area contributed by atoms with E-state index in [1.54, 1.807) is 0 Å². The Bertz CT molecular complexity index is 319. The third-order valence-corrected chi connectivity index (χ3v) is 4.05. The lowest BCUT2D eigenvalue weighted by Gasteiger charge is -2.27. The molecule has 0 aromatic rings. The van der Waals surface area contributed by atoms with Crippen molar-refractivity contribution in [3.63, 3.8) is 0 Å². The highest BCUT2D eigenvalue weighted by Gasteiger charge is 2.29. The van der Waals surface area contributed by atoms with Crippen molar-refractivity contribution in [3.8, 4) is 0 Å². The number of rotatable bonds is 8. The van der Waals surface area contributed by atoms with Gasteiger partial charge in [0.05, 0.1) is 5.92 Å². The van der Waals surface area contributed by atoms with Crippen molar-refractivity contribution < 1.29 is 19.4 Å². The Morgan fingerprint density at radius 1 is 1.14 bits per heavy atom. The van der Waals surface area contributed by atoms with E-state index in [9.17, 15) is 14.7 Å². The van der Waals surface area contributed by atoms with Crippen LogP contribution in [0.1, 0.15) is 64.7 Å². The molecule has 1 fully saturated rings. The van der Waals surface area contributed by atoms with Crippen molar-refractivity contribution in [2.75, 3.05) is 13.2 Å². The zero-order valence-corrected chi connectivity index (χ0v) is 13.1. The monoisotopic (exact) mass is 299 g/mol. The molecule has 0 radical (unpaired) electrons. The third-order valence-electron chi connectivity index (χ3n) is 4.05. The van der Waals surface area contributed by atoms with Gasteiger partial charge >= 0.3 is 5.97 Å². The van der Waals surface area contributed by atoms with E-state index in [-0.39, 0.29) is 18.6 Å². The van der Waals surface area contributed by atoms with Crippen LogP contribution in [0, 0.1) is 5.92 Å². The Morgan fingerprint density at radius 2 is 1.86 bits per heavy atom. The predicted molar refractivity (Wildman–Crippen MR) is 81.1 cm³/mol. The van der Waals surface area contributed by atoms with E-state index in [1.165, 1.54) is 0 Å². The smallest absolute Gasteiger partial charge is 0.308 e. The van der Waals surface area contributed by atoms with Gasteiger partial charge < -0.3 is 15.2 Å². The average Bonchev–Trinajstić information content (AvgIpc) is 2.41. The summed E-state index contributed by atoms with van der Waals surface area (Å²) < 4.78 is 5.33. The molecule has 2 unspecified atom stereocenters. The van der Waals surface area contributed by atoms with Crippen molar-refractivity contribution in [2.24, 2.45) is 5.92 Å². The van der Waals surface area contributed by atoms with Gasteiger partial charge in [-0.1, -0.05) is 45.4 Å². The Morgan fingerprint density at radius 3 is 2.52 bits per heavy atom. The van der Waals surface area contributed by atoms with Gasteiger partial charge in [0.25, 0.3) is 0 Å². The van der Waals surface area contributed by atoms with Crippen molar-refractivity contribution in [1.82, 2.24) is 5.32 Å². The topological polar surface area (TPSA) is 75.6 Å². The van der Waals surface area contributed by atoms with E-state index in [0.29, 0.717) is 13.0 Å². The van der Waals surface area contributed by atoms with Gasteiger partial charge in [-0.2, -0.15) is 0 Å². The van der Waals surface area contributed by atoms with E-state index in [0.717, 1.165) is 51.4 Å². The molecular weight excluding hydrogens is 270 g/mol. The molecule has 1 saturated carbocycles. The highest BCUT2D eigenvalue weighted by molar-refractivity contribution is 5.79. The lowest BCUT2D eigenvalue weighted by atomic mass is 9.87. The van der Waals surface area contributed by atoms with Crippen LogP contribution in [0.2, 0.25) is 0 Å². The second-order valence-corrected chi connectivity index (χ2v) is 5.87. The van der Waals surface area contributed by atoms with Crippen molar-refractivity contribution in [1.29, 1.82) is 0 Å². The first-order valence-electron chi connectivity index (χ1n) is 8.25. The Labute approximate surface area is 127 Å². The van der Waals surface area contributed by atoms with E-state index in [4.69, 9.17) is 4.74 Å². The van der Waals surface area contributed by atoms with Gasteiger partial charge in [-0.3, -0.25) is 9.59 Å². The molecule has 1 aliphatic rings. The van der Waals surface area contributed by atoms with Crippen LogP contribution in [0.5, 0.6) is 0 Å². The van der Waals surface area contributed by atoms with Crippen LogP contribution in [-0.2, 0) is 14.3 Å². The fourth-order valence-electron chi connectivity index (χ4n) is 2.82. The van der Waals surface area contributed by atoms with Crippen LogP contribution in [0.15, 0.2) is 0 Å². The molecule has 5 nitrogen and oxygen atoms in total. The minimum Gasteiger partial charge on any atom is -0.481 e. The summed E-state index contributed by atoms with van der Waals surface area (Å²) in [6.45, 7) is 2.74. The number of aliphatic carboxylic acids is 1. The van der Waals surface area contributed by atoms with Crippen molar-refractivity contribution in [2.45, 2.75) is 70.8 Å². The van der Waals surface area contributed by atoms with E-state index >= 15 is 0 Å². The van der Waals surface area contributed by atoms with Crippen LogP contribution in [-0.4, -0.2) is 36.2 Å². The zero-order valence-electron chi connectivity index (χ0n) is 13.1. The largest absolute Gasteiger partial charge is 0.481 e. The minimum atomic E-state index is -0.800. The fraction of sp³-hybridized carbons (Fsp3) is 0.875. The number of carbonyl (C=O) groups excluding carboxylic acids is 1. The summed E-state index contributed by atoms with van der Waals surface area (Å²) in [5, 5.41) is 12.2. The molecular formula is C16H29NO4. The lowest BCUT2D eigenvalue weighted by Crippen LogP contribution is -2.45. The second kappa shape index (κ2) is 10.6. The molecule has 0 saturated heterocycles. The number of carboxylic acid groups (broad SMARTS) is 1. The van der Waals surface area contributed by atoms with Crippen LogP contribution in [0.4, 0.5) is 0 Å². The normalized spacial score (nSPS) is 23.1. The molecule has 0 bridgehead atoms. The van der Waals surface area contributed by atoms with E-state index in [1.807, 2.05) is 0 Å². The summed E-state index contributed by atoms with van der Waals surface area (Å²) >= 11 is 0. The maximum Gasteiger partial charge on any atom is 0.308 e. The molecule has 0 heterocycles. The average molecular weight is 299 g/mol. The number of hydrogen-bond donors (Lipinski definition) is 2. The van der Waals surface area contributed by atoms with Crippen LogP contribution >= 0.6 is 0 Å². The van der Waals surface area contributed by atoms with Crippen LogP contribution in [0.3, 0.4) is 0 Å². The summed E-state index contributed by atoms with van der Waals surface area (Å²) in [5.74, 6) is -1.45. The van der Waals surface area contributed by atoms with E-state index in [2.05, 4.69) is 12.2 Å². The number of hydrogen-bond acceptors (Lipinski definition) is 3. The first kappa shape index (κ1) is 18.0. The number of ether oxygens (including phenoxy) is 1. The summed E-state index contributed by atoms with van der Waals surface area (Å²) in [4.78, 5) is 23.2. The standard InChI is InChI=1S/C16H29NO4/c1-2-3-8-11-21-12-15(18)17-14-10-7-5-4-6-9-13(14)16(19)20/h13-14H,2-12H2,1H3,(H,17,18)(H,19,20). The van der Waals surface area contributed by atoms with Crippen LogP contribution in [0.25, 0.3) is 0 Å². The second-order valence-electron chi connectivity index (χ2n) is 5.87. The Hall–Kier alpha value is -1.10. The zero-order chi connectivity index (χ0) is 15.5. The molecule has 1 rings (SSSR count). The van der Waals surface area contributed by atoms with Crippen molar-refractivity contribution in [3.05, 3.63) is 0 Å². The molecule has 2 atom stereocenters. The lowest BCUT2D eigenvalue weighted by molar-refractivity contribution is -0.143. The number of carboxylic acids is 1. The van der Waals surface area contributed by atoms with Crippen molar-refractivity contribution >= 4 is 11.9 Å². The Kier molecular flexibility index (Phi) is 9.06. The molecule has 0 spiro atoms. The molecule has 21 heavy (non-hydrogen) atoms. The molecule has 2 N–H and O–H groups in total. The van der Waals surface area contributed by atoms with Gasteiger partial charge in [0.15, 0.2) is 0 Å². The number of carbonyl (C=O) groups is 2. The predicted octanol–water partition coefficient (Wildman–Crippen LogP) is 2.73. The molecule has 0 aliphatic heterocycles. The first-order valence-corrected chi connectivity index (χ1v) is 8.25. The summed E-state index contributed by atoms with van der Waals surface area (Å²) in [6, 6.07) is -0.255. The van der Waals surface area contributed by atoms with Gasteiger partial charge in [0.1, 0.15) is 6.61 Å². The van der Waals surface area contributed by atoms with Gasteiger partial charge in [-0.05, 0) is 19.3 Å². The molecule has 0 aromatic heterocycles. The summed E-state index contributed by atoms with van der Waals surface area (Å²) in [7, 11) is 0. The fourth-order valence-corrected chi connectivity index (χ4v) is 2.82. The van der Waals surface area contributed by atoms with Gasteiger partial charge in [-0.15, -0.1) is 0 Å². The molecule has 1 amide bonds. The van der Waals surface area contributed by atoms with Gasteiger partial charge in [-0.25, -0.2) is 0 Å². The SMILES string of the molecule is CCCCCOCC(=O)NC1CCCCCCC1C(=O)O. The summed E-state index contributed by atoms with van der Waals surface area (Å²) in [5.41, 5.74) is 0. The number of amides is 1. The highest BCUT2D eigenvalue weighted by atomic mass is 16.5. The minimum absolute atomic E-state index is 0.0343. The molecule has 122 valence electrons. The van der Waals surface area contributed by atoms with E-state index < -0.39 is 11.9 Å². The Balaban J connectivity index is 2.36. The molecule has 5 heteroatoms. The first-order chi connectivity index (χ1) is 10.1. The molecule has 0 aromatic carbocycles. The maximum absolute atomic E-state index is 11.9. The summed E-state index contributed by atoms with van der Waals surface area (Å²) in [6.07, 6.45) is 8.70. The van der Waals surface area contributed by atoms with Crippen LogP contribution < -0.4 is 5.32 Å². The highest BCUT2D eigenvalue weighted by Crippen LogP contribution is 2.23. The quantitative estimate of drug-likeness (QED) is 0.676. The molecule has 1 aliphatic carbocycles.